The lowest BCUT2D eigenvalue weighted by molar-refractivity contribution is -0.122. The van der Waals surface area contributed by atoms with Gasteiger partial charge in [-0.05, 0) is 31.0 Å². The number of morpholine rings is 1. The Hall–Kier alpha value is -2.17. The molecule has 2 aliphatic heterocycles. The van der Waals surface area contributed by atoms with Crippen LogP contribution in [0.4, 0.5) is 0 Å². The molecule has 0 spiro atoms. The second-order valence-electron chi connectivity index (χ2n) is 6.85. The normalized spacial score (nSPS) is 19.4. The number of methoxy groups -OCH3 is 1. The fraction of sp³-hybridized carbons (Fsp3) is 0.556. The Bertz CT molecular complexity index is 843. The largest absolute Gasteiger partial charge is 0.496 e. The number of amides is 2. The van der Waals surface area contributed by atoms with Crippen LogP contribution in [0.3, 0.4) is 0 Å². The summed E-state index contributed by atoms with van der Waals surface area (Å²) in [5, 5.41) is 0. The van der Waals surface area contributed by atoms with E-state index in [1.54, 1.807) is 4.90 Å². The Morgan fingerprint density at radius 2 is 1.79 bits per heavy atom. The lowest BCUT2D eigenvalue weighted by Gasteiger charge is -2.30. The third-order valence-corrected chi connectivity index (χ3v) is 7.09. The molecule has 2 heterocycles. The molecule has 2 fully saturated rings. The van der Waals surface area contributed by atoms with Gasteiger partial charge >= 0.3 is 0 Å². The van der Waals surface area contributed by atoms with Gasteiger partial charge in [0.2, 0.25) is 15.9 Å². The van der Waals surface area contributed by atoms with Crippen molar-refractivity contribution in [2.24, 2.45) is 11.7 Å². The number of hydrogen-bond acceptors (Lipinski definition) is 6. The van der Waals surface area contributed by atoms with E-state index in [0.29, 0.717) is 44.9 Å². The highest BCUT2D eigenvalue weighted by atomic mass is 32.2. The summed E-state index contributed by atoms with van der Waals surface area (Å²) in [7, 11) is -2.35. The maximum absolute atomic E-state index is 13.0. The lowest BCUT2D eigenvalue weighted by Crippen LogP contribution is -2.42. The van der Waals surface area contributed by atoms with Gasteiger partial charge in [0.05, 0.1) is 30.8 Å². The van der Waals surface area contributed by atoms with E-state index in [-0.39, 0.29) is 35.4 Å². The minimum atomic E-state index is -3.79. The maximum Gasteiger partial charge on any atom is 0.257 e. The van der Waals surface area contributed by atoms with Gasteiger partial charge in [-0.25, -0.2) is 8.42 Å². The molecular formula is C18H25N3O6S. The van der Waals surface area contributed by atoms with Crippen molar-refractivity contribution in [3.8, 4) is 5.75 Å². The number of carbonyl (C=O) groups excluding carboxylic acids is 2. The molecule has 2 amide bonds. The van der Waals surface area contributed by atoms with Crippen molar-refractivity contribution in [2.75, 3.05) is 46.5 Å². The van der Waals surface area contributed by atoms with Gasteiger partial charge in [0.1, 0.15) is 5.75 Å². The van der Waals surface area contributed by atoms with E-state index in [1.807, 2.05) is 0 Å². The maximum atomic E-state index is 13.0. The first kappa shape index (κ1) is 20.6. The van der Waals surface area contributed by atoms with Crippen molar-refractivity contribution in [3.63, 3.8) is 0 Å². The van der Waals surface area contributed by atoms with Gasteiger partial charge in [-0.15, -0.1) is 0 Å². The van der Waals surface area contributed by atoms with Crippen LogP contribution in [0.5, 0.6) is 5.75 Å². The van der Waals surface area contributed by atoms with E-state index in [1.165, 1.54) is 29.6 Å². The molecule has 154 valence electrons. The number of benzene rings is 1. The molecule has 0 atom stereocenters. The van der Waals surface area contributed by atoms with Crippen LogP contribution in [-0.2, 0) is 19.6 Å². The van der Waals surface area contributed by atoms with Gasteiger partial charge in [0, 0.05) is 32.1 Å². The first-order valence-corrected chi connectivity index (χ1v) is 10.6. The fourth-order valence-corrected chi connectivity index (χ4v) is 4.98. The molecule has 0 bridgehead atoms. The van der Waals surface area contributed by atoms with E-state index >= 15 is 0 Å². The van der Waals surface area contributed by atoms with E-state index < -0.39 is 15.9 Å². The Labute approximate surface area is 164 Å². The lowest BCUT2D eigenvalue weighted by atomic mass is 9.98. The van der Waals surface area contributed by atoms with Crippen molar-refractivity contribution < 1.29 is 27.5 Å². The molecule has 2 saturated heterocycles. The van der Waals surface area contributed by atoms with Crippen molar-refractivity contribution in [3.05, 3.63) is 23.8 Å². The average molecular weight is 411 g/mol. The fourth-order valence-electron chi connectivity index (χ4n) is 3.48. The quantitative estimate of drug-likeness (QED) is 0.731. The molecule has 0 unspecified atom stereocenters. The van der Waals surface area contributed by atoms with Crippen molar-refractivity contribution >= 4 is 21.8 Å². The topological polar surface area (TPSA) is 119 Å². The molecule has 2 N–H and O–H groups in total. The van der Waals surface area contributed by atoms with E-state index in [9.17, 15) is 18.0 Å². The van der Waals surface area contributed by atoms with Gasteiger partial charge in [0.15, 0.2) is 0 Å². The zero-order valence-electron chi connectivity index (χ0n) is 15.8. The highest BCUT2D eigenvalue weighted by Crippen LogP contribution is 2.28. The summed E-state index contributed by atoms with van der Waals surface area (Å²) in [5.41, 5.74) is 5.52. The number of nitrogens with two attached hydrogens (primary N) is 1. The number of nitrogens with zero attached hydrogens (tertiary/aromatic N) is 2. The van der Waals surface area contributed by atoms with E-state index in [4.69, 9.17) is 15.2 Å². The Morgan fingerprint density at radius 1 is 1.14 bits per heavy atom. The van der Waals surface area contributed by atoms with Gasteiger partial charge < -0.3 is 20.1 Å². The van der Waals surface area contributed by atoms with Crippen LogP contribution in [0.25, 0.3) is 0 Å². The van der Waals surface area contributed by atoms with E-state index in [2.05, 4.69) is 0 Å². The number of piperidine rings is 1. The molecule has 0 saturated carbocycles. The van der Waals surface area contributed by atoms with Crippen LogP contribution in [0, 0.1) is 5.92 Å². The molecule has 10 heteroatoms. The van der Waals surface area contributed by atoms with Crippen LogP contribution < -0.4 is 10.5 Å². The van der Waals surface area contributed by atoms with Crippen molar-refractivity contribution in [1.82, 2.24) is 9.21 Å². The zero-order chi connectivity index (χ0) is 20.3. The molecule has 0 radical (unpaired) electrons. The summed E-state index contributed by atoms with van der Waals surface area (Å²) >= 11 is 0. The van der Waals surface area contributed by atoms with Gasteiger partial charge in [-0.2, -0.15) is 4.31 Å². The average Bonchev–Trinajstić information content (AvgIpc) is 2.73. The van der Waals surface area contributed by atoms with Gasteiger partial charge in [0.25, 0.3) is 5.91 Å². The van der Waals surface area contributed by atoms with Gasteiger partial charge in [-0.3, -0.25) is 9.59 Å². The molecular weight excluding hydrogens is 386 g/mol. The van der Waals surface area contributed by atoms with Crippen LogP contribution in [0.15, 0.2) is 23.1 Å². The molecule has 3 rings (SSSR count). The number of sulfonamides is 1. The molecule has 1 aromatic carbocycles. The molecule has 9 nitrogen and oxygen atoms in total. The van der Waals surface area contributed by atoms with Crippen LogP contribution in [-0.4, -0.2) is 75.9 Å². The number of ether oxygens (including phenoxy) is 2. The highest BCUT2D eigenvalue weighted by Gasteiger charge is 2.32. The van der Waals surface area contributed by atoms with Crippen LogP contribution in [0.1, 0.15) is 23.2 Å². The molecule has 1 aromatic rings. The molecule has 28 heavy (non-hydrogen) atoms. The summed E-state index contributed by atoms with van der Waals surface area (Å²) in [6, 6.07) is 4.30. The first-order chi connectivity index (χ1) is 13.3. The number of hydrogen-bond donors (Lipinski definition) is 1. The summed E-state index contributed by atoms with van der Waals surface area (Å²) in [6.07, 6.45) is 0.786. The summed E-state index contributed by atoms with van der Waals surface area (Å²) in [4.78, 5) is 25.8. The van der Waals surface area contributed by atoms with Gasteiger partial charge in [-0.1, -0.05) is 0 Å². The predicted octanol–water partition coefficient (Wildman–Crippen LogP) is 0.0536. The second kappa shape index (κ2) is 8.46. The van der Waals surface area contributed by atoms with Crippen molar-refractivity contribution in [1.29, 1.82) is 0 Å². The minimum Gasteiger partial charge on any atom is -0.496 e. The first-order valence-electron chi connectivity index (χ1n) is 9.19. The Morgan fingerprint density at radius 3 is 2.36 bits per heavy atom. The number of rotatable bonds is 5. The molecule has 0 aliphatic carbocycles. The van der Waals surface area contributed by atoms with Crippen LogP contribution >= 0.6 is 0 Å². The van der Waals surface area contributed by atoms with Crippen molar-refractivity contribution in [2.45, 2.75) is 17.7 Å². The SMILES string of the molecule is COc1ccc(S(=O)(=O)N2CCC(C(N)=O)CC2)cc1C(=O)N1CCOCC1. The summed E-state index contributed by atoms with van der Waals surface area (Å²) in [5.74, 6) is -0.673. The zero-order valence-corrected chi connectivity index (χ0v) is 16.6. The summed E-state index contributed by atoms with van der Waals surface area (Å²) in [6.45, 7) is 2.21. The standard InChI is InChI=1S/C18H25N3O6S/c1-26-16-3-2-14(12-15(16)18(23)20-8-10-27-11-9-20)28(24,25)21-6-4-13(5-7-21)17(19)22/h2-3,12-13H,4-11H2,1H3,(H2,19,22). The predicted molar refractivity (Wildman–Crippen MR) is 100 cm³/mol. The Kier molecular flexibility index (Phi) is 6.21. The third-order valence-electron chi connectivity index (χ3n) is 5.19. The smallest absolute Gasteiger partial charge is 0.257 e. The number of carbonyl (C=O) groups is 2. The monoisotopic (exact) mass is 411 g/mol. The second-order valence-corrected chi connectivity index (χ2v) is 8.79. The van der Waals surface area contributed by atoms with E-state index in [0.717, 1.165) is 0 Å². The van der Waals surface area contributed by atoms with Crippen LogP contribution in [0.2, 0.25) is 0 Å². The number of primary amides is 1. The minimum absolute atomic E-state index is 0.0300. The third kappa shape index (κ3) is 4.13. The highest BCUT2D eigenvalue weighted by molar-refractivity contribution is 7.89. The Balaban J connectivity index is 1.85. The molecule has 2 aliphatic rings. The summed E-state index contributed by atoms with van der Waals surface area (Å²) < 4.78 is 37.9. The molecule has 0 aromatic heterocycles.